The second-order valence-corrected chi connectivity index (χ2v) is 8.01. The van der Waals surface area contributed by atoms with Crippen LogP contribution >= 0.6 is 27.5 Å². The Labute approximate surface area is 133 Å². The second kappa shape index (κ2) is 6.32. The van der Waals surface area contributed by atoms with Gasteiger partial charge in [0, 0.05) is 23.4 Å². The minimum absolute atomic E-state index is 0.108. The van der Waals surface area contributed by atoms with Crippen LogP contribution in [0.15, 0.2) is 27.6 Å². The third-order valence-electron chi connectivity index (χ3n) is 3.15. The molecule has 0 saturated carbocycles. The lowest BCUT2D eigenvalue weighted by Gasteiger charge is -2.34. The highest BCUT2D eigenvalue weighted by Crippen LogP contribution is 2.28. The van der Waals surface area contributed by atoms with Gasteiger partial charge in [-0.2, -0.15) is 4.31 Å². The molecule has 0 spiro atoms. The van der Waals surface area contributed by atoms with Crippen LogP contribution < -0.4 is 0 Å². The number of sulfonamides is 1. The van der Waals surface area contributed by atoms with E-state index in [0.29, 0.717) is 17.6 Å². The highest BCUT2D eigenvalue weighted by atomic mass is 79.9. The Bertz CT molecular complexity index is 583. The van der Waals surface area contributed by atoms with Crippen LogP contribution in [0.4, 0.5) is 0 Å². The normalized spacial score (nSPS) is 24.8. The van der Waals surface area contributed by atoms with Crippen LogP contribution in [0.1, 0.15) is 19.4 Å². The lowest BCUT2D eigenvalue weighted by atomic mass is 10.2. The number of rotatable bonds is 3. The zero-order valence-electron chi connectivity index (χ0n) is 11.3. The van der Waals surface area contributed by atoms with Gasteiger partial charge in [0.15, 0.2) is 0 Å². The molecule has 0 aliphatic carbocycles. The summed E-state index contributed by atoms with van der Waals surface area (Å²) in [6.07, 6.45) is -0.216. The van der Waals surface area contributed by atoms with Crippen LogP contribution in [0, 0.1) is 0 Å². The molecule has 1 aliphatic rings. The maximum Gasteiger partial charge on any atom is 0.244 e. The van der Waals surface area contributed by atoms with Gasteiger partial charge in [-0.05, 0) is 47.5 Å². The highest BCUT2D eigenvalue weighted by Gasteiger charge is 2.33. The maximum atomic E-state index is 12.8. The summed E-state index contributed by atoms with van der Waals surface area (Å²) >= 11 is 9.10. The van der Waals surface area contributed by atoms with Crippen molar-refractivity contribution >= 4 is 37.6 Å². The molecule has 0 aromatic heterocycles. The third kappa shape index (κ3) is 3.36. The van der Waals surface area contributed by atoms with Crippen molar-refractivity contribution in [1.29, 1.82) is 0 Å². The van der Waals surface area contributed by atoms with E-state index in [4.69, 9.17) is 16.3 Å². The Morgan fingerprint density at radius 1 is 1.35 bits per heavy atom. The van der Waals surface area contributed by atoms with Crippen molar-refractivity contribution in [2.24, 2.45) is 0 Å². The lowest BCUT2D eigenvalue weighted by molar-refractivity contribution is -0.0440. The van der Waals surface area contributed by atoms with E-state index < -0.39 is 10.0 Å². The van der Waals surface area contributed by atoms with Crippen LogP contribution in [0.2, 0.25) is 0 Å². The molecule has 20 heavy (non-hydrogen) atoms. The largest absolute Gasteiger partial charge is 0.373 e. The van der Waals surface area contributed by atoms with Gasteiger partial charge in [-0.15, -0.1) is 11.6 Å². The molecule has 0 bridgehead atoms. The number of morpholine rings is 1. The minimum Gasteiger partial charge on any atom is -0.373 e. The molecule has 2 rings (SSSR count). The van der Waals surface area contributed by atoms with Crippen LogP contribution in [-0.2, 0) is 20.6 Å². The van der Waals surface area contributed by atoms with Gasteiger partial charge in [-0.1, -0.05) is 6.07 Å². The SMILES string of the molecule is CC1CN(S(=O)(=O)c2cc(CCl)ccc2Br)CC(C)O1. The Balaban J connectivity index is 2.39. The smallest absolute Gasteiger partial charge is 0.244 e. The molecule has 0 radical (unpaired) electrons. The first-order chi connectivity index (χ1) is 9.34. The van der Waals surface area contributed by atoms with Crippen LogP contribution in [-0.4, -0.2) is 38.0 Å². The summed E-state index contributed by atoms with van der Waals surface area (Å²) in [6, 6.07) is 5.15. The van der Waals surface area contributed by atoms with E-state index in [9.17, 15) is 8.42 Å². The summed E-state index contributed by atoms with van der Waals surface area (Å²) in [6.45, 7) is 4.49. The molecule has 1 aromatic carbocycles. The van der Waals surface area contributed by atoms with Crippen LogP contribution in [0.5, 0.6) is 0 Å². The molecule has 1 heterocycles. The summed E-state index contributed by atoms with van der Waals surface area (Å²) < 4.78 is 33.1. The van der Waals surface area contributed by atoms with Crippen molar-refractivity contribution in [3.8, 4) is 0 Å². The number of halogens is 2. The Kier molecular flexibility index (Phi) is 5.13. The molecule has 1 fully saturated rings. The number of ether oxygens (including phenoxy) is 1. The third-order valence-corrected chi connectivity index (χ3v) is 6.29. The van der Waals surface area contributed by atoms with Crippen molar-refractivity contribution in [2.75, 3.05) is 13.1 Å². The number of nitrogens with zero attached hydrogens (tertiary/aromatic N) is 1. The number of alkyl halides is 1. The van der Waals surface area contributed by atoms with E-state index in [-0.39, 0.29) is 23.0 Å². The molecule has 112 valence electrons. The zero-order valence-corrected chi connectivity index (χ0v) is 14.5. The molecule has 1 saturated heterocycles. The highest BCUT2D eigenvalue weighted by molar-refractivity contribution is 9.10. The maximum absolute atomic E-state index is 12.8. The Hall–Kier alpha value is -0.140. The zero-order chi connectivity index (χ0) is 14.9. The summed E-state index contributed by atoms with van der Waals surface area (Å²) in [7, 11) is -3.54. The number of hydrogen-bond acceptors (Lipinski definition) is 3. The average molecular weight is 383 g/mol. The topological polar surface area (TPSA) is 46.6 Å². The van der Waals surface area contributed by atoms with Gasteiger partial charge < -0.3 is 4.74 Å². The van der Waals surface area contributed by atoms with Gasteiger partial charge in [0.25, 0.3) is 0 Å². The molecule has 2 unspecified atom stereocenters. The van der Waals surface area contributed by atoms with E-state index in [1.165, 1.54) is 4.31 Å². The fraction of sp³-hybridized carbons (Fsp3) is 0.538. The van der Waals surface area contributed by atoms with Gasteiger partial charge in [0.05, 0.1) is 17.1 Å². The minimum atomic E-state index is -3.54. The molecule has 7 heteroatoms. The molecular formula is C13H17BrClNO3S. The summed E-state index contributed by atoms with van der Waals surface area (Å²) in [5.74, 6) is 0.283. The van der Waals surface area contributed by atoms with E-state index in [2.05, 4.69) is 15.9 Å². The van der Waals surface area contributed by atoms with E-state index in [0.717, 1.165) is 5.56 Å². The molecular weight excluding hydrogens is 366 g/mol. The molecule has 0 N–H and O–H groups in total. The fourth-order valence-corrected chi connectivity index (χ4v) is 5.03. The van der Waals surface area contributed by atoms with Gasteiger partial charge in [0.2, 0.25) is 10.0 Å². The first kappa shape index (κ1) is 16.2. The van der Waals surface area contributed by atoms with Crippen LogP contribution in [0.3, 0.4) is 0 Å². The molecule has 1 aromatic rings. The van der Waals surface area contributed by atoms with E-state index >= 15 is 0 Å². The quantitative estimate of drug-likeness (QED) is 0.755. The molecule has 1 aliphatic heterocycles. The monoisotopic (exact) mass is 381 g/mol. The average Bonchev–Trinajstić information content (AvgIpc) is 2.38. The van der Waals surface area contributed by atoms with Gasteiger partial charge in [-0.25, -0.2) is 8.42 Å². The van der Waals surface area contributed by atoms with E-state index in [1.54, 1.807) is 18.2 Å². The predicted octanol–water partition coefficient (Wildman–Crippen LogP) is 2.99. The van der Waals surface area contributed by atoms with Gasteiger partial charge in [-0.3, -0.25) is 0 Å². The van der Waals surface area contributed by atoms with Gasteiger partial charge >= 0.3 is 0 Å². The summed E-state index contributed by atoms with van der Waals surface area (Å²) in [4.78, 5) is 0.261. The second-order valence-electron chi connectivity index (χ2n) is 4.98. The van der Waals surface area contributed by atoms with Crippen LogP contribution in [0.25, 0.3) is 0 Å². The number of hydrogen-bond donors (Lipinski definition) is 0. The first-order valence-electron chi connectivity index (χ1n) is 6.34. The summed E-state index contributed by atoms with van der Waals surface area (Å²) in [5, 5.41) is 0. The van der Waals surface area contributed by atoms with Crippen molar-refractivity contribution in [3.05, 3.63) is 28.2 Å². The van der Waals surface area contributed by atoms with Crippen molar-refractivity contribution in [1.82, 2.24) is 4.31 Å². The van der Waals surface area contributed by atoms with Crippen molar-refractivity contribution in [2.45, 2.75) is 36.8 Å². The lowest BCUT2D eigenvalue weighted by Crippen LogP contribution is -2.48. The van der Waals surface area contributed by atoms with E-state index in [1.807, 2.05) is 13.8 Å². The fourth-order valence-electron chi connectivity index (χ4n) is 2.29. The molecule has 0 amide bonds. The van der Waals surface area contributed by atoms with Gasteiger partial charge in [0.1, 0.15) is 0 Å². The number of benzene rings is 1. The first-order valence-corrected chi connectivity index (χ1v) is 9.11. The predicted molar refractivity (Wildman–Crippen MR) is 82.5 cm³/mol. The molecule has 4 nitrogen and oxygen atoms in total. The van der Waals surface area contributed by atoms with Crippen molar-refractivity contribution < 1.29 is 13.2 Å². The Morgan fingerprint density at radius 2 is 1.95 bits per heavy atom. The van der Waals surface area contributed by atoms with Crippen molar-refractivity contribution in [3.63, 3.8) is 0 Å². The molecule has 2 atom stereocenters. The Morgan fingerprint density at radius 3 is 2.50 bits per heavy atom. The summed E-state index contributed by atoms with van der Waals surface area (Å²) in [5.41, 5.74) is 0.780. The standard InChI is InChI=1S/C13H17BrClNO3S/c1-9-7-16(8-10(2)19-9)20(17,18)13-5-11(6-15)3-4-12(13)14/h3-5,9-10H,6-8H2,1-2H3.